The average molecular weight is 395 g/mol. The van der Waals surface area contributed by atoms with Gasteiger partial charge in [-0.3, -0.25) is 4.79 Å². The molecule has 0 radical (unpaired) electrons. The number of hydrogen-bond acceptors (Lipinski definition) is 4. The summed E-state index contributed by atoms with van der Waals surface area (Å²) < 4.78 is 60.6. The molecule has 3 N–H and O–H groups in total. The summed E-state index contributed by atoms with van der Waals surface area (Å²) >= 11 is 0. The molecule has 0 spiro atoms. The highest BCUT2D eigenvalue weighted by atomic mass is 32.2. The van der Waals surface area contributed by atoms with E-state index in [1.807, 2.05) is 0 Å². The zero-order valence-electron chi connectivity index (χ0n) is 13.5. The molecule has 2 aromatic carbocycles. The maximum Gasteiger partial charge on any atom is 0.416 e. The van der Waals surface area contributed by atoms with Crippen LogP contribution in [-0.2, 0) is 21.0 Å². The molecule has 0 unspecified atom stereocenters. The van der Waals surface area contributed by atoms with E-state index in [9.17, 15) is 26.4 Å². The van der Waals surface area contributed by atoms with Crippen molar-refractivity contribution in [1.82, 2.24) is 0 Å². The fourth-order valence-electron chi connectivity index (χ4n) is 2.05. The summed E-state index contributed by atoms with van der Waals surface area (Å²) in [6.07, 6.45) is -3.53. The van der Waals surface area contributed by atoms with E-state index in [-0.39, 0.29) is 16.1 Å². The number of alkyl halides is 3. The topological polar surface area (TPSA) is 113 Å². The van der Waals surface area contributed by atoms with Crippen molar-refractivity contribution in [2.24, 2.45) is 5.14 Å². The Bertz CT molecular complexity index is 1040. The number of carbonyl (C=O) groups is 1. The maximum absolute atomic E-state index is 12.7. The Morgan fingerprint density at radius 3 is 2.30 bits per heavy atom. The Morgan fingerprint density at radius 2 is 1.78 bits per heavy atom. The molecular weight excluding hydrogens is 383 g/mol. The summed E-state index contributed by atoms with van der Waals surface area (Å²) in [6, 6.07) is 10.6. The molecule has 2 rings (SSSR count). The molecular formula is C17H12F3N3O3S. The number of sulfonamides is 1. The largest absolute Gasteiger partial charge is 0.416 e. The molecule has 0 bridgehead atoms. The highest BCUT2D eigenvalue weighted by molar-refractivity contribution is 7.89. The molecule has 0 aliphatic rings. The van der Waals surface area contributed by atoms with Gasteiger partial charge in [0.15, 0.2) is 0 Å². The van der Waals surface area contributed by atoms with Gasteiger partial charge in [-0.25, -0.2) is 13.6 Å². The van der Waals surface area contributed by atoms with Crippen LogP contribution in [0.4, 0.5) is 18.9 Å². The first-order valence-corrected chi connectivity index (χ1v) is 8.78. The Balaban J connectivity index is 2.24. The van der Waals surface area contributed by atoms with Crippen LogP contribution in [0.25, 0.3) is 6.08 Å². The van der Waals surface area contributed by atoms with Crippen molar-refractivity contribution in [3.63, 3.8) is 0 Å². The van der Waals surface area contributed by atoms with Gasteiger partial charge in [0.05, 0.1) is 10.5 Å². The first kappa shape index (κ1) is 20.2. The molecule has 0 atom stereocenters. The second kappa shape index (κ2) is 7.61. The Labute approximate surface area is 152 Å². The number of nitrogens with one attached hydrogen (secondary N) is 1. The third-order valence-electron chi connectivity index (χ3n) is 3.33. The number of amides is 1. The van der Waals surface area contributed by atoms with Gasteiger partial charge in [-0.05, 0) is 48.0 Å². The van der Waals surface area contributed by atoms with Crippen LogP contribution in [0, 0.1) is 11.3 Å². The summed E-state index contributed by atoms with van der Waals surface area (Å²) in [5, 5.41) is 16.4. The number of nitrogens with two attached hydrogens (primary N) is 1. The molecule has 10 heteroatoms. The van der Waals surface area contributed by atoms with E-state index in [1.165, 1.54) is 18.2 Å². The minimum Gasteiger partial charge on any atom is -0.321 e. The number of nitriles is 1. The highest BCUT2D eigenvalue weighted by Crippen LogP contribution is 2.30. The van der Waals surface area contributed by atoms with Crippen LogP contribution < -0.4 is 10.5 Å². The summed E-state index contributed by atoms with van der Waals surface area (Å²) in [4.78, 5) is 12.0. The summed E-state index contributed by atoms with van der Waals surface area (Å²) in [7, 11) is -3.89. The van der Waals surface area contributed by atoms with Gasteiger partial charge in [0, 0.05) is 5.69 Å². The molecule has 1 amide bonds. The van der Waals surface area contributed by atoms with Gasteiger partial charge >= 0.3 is 6.18 Å². The van der Waals surface area contributed by atoms with Crippen molar-refractivity contribution in [2.45, 2.75) is 11.1 Å². The molecule has 0 saturated heterocycles. The minimum atomic E-state index is -4.55. The van der Waals surface area contributed by atoms with E-state index in [0.29, 0.717) is 0 Å². The van der Waals surface area contributed by atoms with Gasteiger partial charge in [-0.15, -0.1) is 0 Å². The molecule has 0 fully saturated rings. The fraction of sp³-hybridized carbons (Fsp3) is 0.0588. The monoisotopic (exact) mass is 395 g/mol. The van der Waals surface area contributed by atoms with Gasteiger partial charge < -0.3 is 5.32 Å². The quantitative estimate of drug-likeness (QED) is 0.612. The van der Waals surface area contributed by atoms with E-state index >= 15 is 0 Å². The number of hydrogen-bond donors (Lipinski definition) is 2. The van der Waals surface area contributed by atoms with E-state index in [2.05, 4.69) is 5.32 Å². The highest BCUT2D eigenvalue weighted by Gasteiger charge is 2.30. The maximum atomic E-state index is 12.7. The Kier molecular flexibility index (Phi) is 5.68. The zero-order valence-corrected chi connectivity index (χ0v) is 14.3. The number of carbonyl (C=O) groups excluding carboxylic acids is 1. The predicted octanol–water partition coefficient (Wildman–Crippen LogP) is 2.90. The Morgan fingerprint density at radius 1 is 1.15 bits per heavy atom. The summed E-state index contributed by atoms with van der Waals surface area (Å²) in [5.41, 5.74) is -1.13. The van der Waals surface area contributed by atoms with E-state index in [0.717, 1.165) is 36.4 Å². The molecule has 27 heavy (non-hydrogen) atoms. The lowest BCUT2D eigenvalue weighted by Crippen LogP contribution is -2.14. The standard InChI is InChI=1S/C17H12F3N3O3S/c18-17(19,20)13-3-1-2-11(9-13)8-12(10-21)16(24)23-14-4-6-15(7-5-14)27(22,25)26/h1-9H,(H,23,24)(H2,22,25,26)/b12-8-. The van der Waals surface area contributed by atoms with Gasteiger partial charge in [0.25, 0.3) is 5.91 Å². The van der Waals surface area contributed by atoms with Crippen LogP contribution in [-0.4, -0.2) is 14.3 Å². The van der Waals surface area contributed by atoms with Crippen LogP contribution >= 0.6 is 0 Å². The lowest BCUT2D eigenvalue weighted by molar-refractivity contribution is -0.137. The van der Waals surface area contributed by atoms with Gasteiger partial charge in [-0.2, -0.15) is 18.4 Å². The fourth-order valence-corrected chi connectivity index (χ4v) is 2.56. The molecule has 0 aromatic heterocycles. The predicted molar refractivity (Wildman–Crippen MR) is 91.5 cm³/mol. The van der Waals surface area contributed by atoms with Crippen molar-refractivity contribution in [3.05, 3.63) is 65.2 Å². The van der Waals surface area contributed by atoms with Crippen LogP contribution in [0.5, 0.6) is 0 Å². The second-order valence-corrected chi connectivity index (χ2v) is 6.88. The van der Waals surface area contributed by atoms with E-state index in [1.54, 1.807) is 6.07 Å². The zero-order chi connectivity index (χ0) is 20.2. The van der Waals surface area contributed by atoms with Crippen molar-refractivity contribution < 1.29 is 26.4 Å². The van der Waals surface area contributed by atoms with Crippen molar-refractivity contribution in [1.29, 1.82) is 5.26 Å². The van der Waals surface area contributed by atoms with Crippen molar-refractivity contribution >= 4 is 27.7 Å². The SMILES string of the molecule is N#C/C(=C/c1cccc(C(F)(F)F)c1)C(=O)Nc1ccc(S(N)(=O)=O)cc1. The third-order valence-corrected chi connectivity index (χ3v) is 4.26. The van der Waals surface area contributed by atoms with Crippen LogP contribution in [0.15, 0.2) is 59.0 Å². The molecule has 6 nitrogen and oxygen atoms in total. The minimum absolute atomic E-state index is 0.0288. The molecule has 0 saturated carbocycles. The number of anilines is 1. The number of nitrogens with zero attached hydrogens (tertiary/aromatic N) is 1. The molecule has 0 aliphatic carbocycles. The average Bonchev–Trinajstić information content (AvgIpc) is 2.58. The molecule has 0 aliphatic heterocycles. The number of rotatable bonds is 4. The lowest BCUT2D eigenvalue weighted by atomic mass is 10.1. The number of primary sulfonamides is 1. The number of benzene rings is 2. The lowest BCUT2D eigenvalue weighted by Gasteiger charge is -2.08. The van der Waals surface area contributed by atoms with Crippen molar-refractivity contribution in [3.8, 4) is 6.07 Å². The molecule has 2 aromatic rings. The van der Waals surface area contributed by atoms with E-state index in [4.69, 9.17) is 10.4 Å². The Hall–Kier alpha value is -3.16. The van der Waals surface area contributed by atoms with Crippen LogP contribution in [0.1, 0.15) is 11.1 Å². The molecule has 140 valence electrons. The first-order chi connectivity index (χ1) is 12.5. The summed E-state index contributed by atoms with van der Waals surface area (Å²) in [6.45, 7) is 0. The first-order valence-electron chi connectivity index (χ1n) is 7.24. The van der Waals surface area contributed by atoms with Crippen LogP contribution in [0.2, 0.25) is 0 Å². The van der Waals surface area contributed by atoms with Crippen LogP contribution in [0.3, 0.4) is 0 Å². The van der Waals surface area contributed by atoms with Gasteiger partial charge in [-0.1, -0.05) is 12.1 Å². The normalized spacial score (nSPS) is 12.3. The van der Waals surface area contributed by atoms with Gasteiger partial charge in [0.2, 0.25) is 10.0 Å². The van der Waals surface area contributed by atoms with E-state index < -0.39 is 33.2 Å². The number of halogens is 3. The third kappa shape index (κ3) is 5.40. The second-order valence-electron chi connectivity index (χ2n) is 5.32. The smallest absolute Gasteiger partial charge is 0.321 e. The van der Waals surface area contributed by atoms with Gasteiger partial charge in [0.1, 0.15) is 11.6 Å². The summed E-state index contributed by atoms with van der Waals surface area (Å²) in [5.74, 6) is -0.863. The molecule has 0 heterocycles. The van der Waals surface area contributed by atoms with Crippen molar-refractivity contribution in [2.75, 3.05) is 5.32 Å².